The zero-order valence-electron chi connectivity index (χ0n) is 11.1. The van der Waals surface area contributed by atoms with Crippen LogP contribution in [0.1, 0.15) is 25.7 Å². The molecule has 0 unspecified atom stereocenters. The van der Waals surface area contributed by atoms with Crippen LogP contribution in [0.15, 0.2) is 12.3 Å². The van der Waals surface area contributed by atoms with Gasteiger partial charge in [0.2, 0.25) is 5.91 Å². The molecule has 1 saturated carbocycles. The number of rotatable bonds is 3. The lowest BCUT2D eigenvalue weighted by Gasteiger charge is -2.27. The lowest BCUT2D eigenvalue weighted by molar-refractivity contribution is -0.122. The number of hydrogen-bond donors (Lipinski definition) is 2. The van der Waals surface area contributed by atoms with E-state index in [2.05, 4.69) is 32.9 Å². The fraction of sp³-hybridized carbons (Fsp3) is 0.462. The summed E-state index contributed by atoms with van der Waals surface area (Å²) in [7, 11) is 0. The SMILES string of the molecule is NC(=O)O[C@H]1CCC[C@H](C(=O)Nc2cc(I)c(Cl)cn2)C1. The van der Waals surface area contributed by atoms with Gasteiger partial charge in [-0.3, -0.25) is 4.79 Å². The van der Waals surface area contributed by atoms with Gasteiger partial charge < -0.3 is 15.8 Å². The van der Waals surface area contributed by atoms with Crippen molar-refractivity contribution in [2.45, 2.75) is 31.8 Å². The molecule has 2 amide bonds. The largest absolute Gasteiger partial charge is 0.446 e. The molecule has 0 saturated heterocycles. The molecular formula is C13H15ClIN3O3. The van der Waals surface area contributed by atoms with Crippen LogP contribution in [-0.4, -0.2) is 23.1 Å². The first-order chi connectivity index (χ1) is 9.95. The first-order valence-corrected chi connectivity index (χ1v) is 7.99. The number of anilines is 1. The minimum Gasteiger partial charge on any atom is -0.446 e. The second kappa shape index (κ2) is 7.26. The summed E-state index contributed by atoms with van der Waals surface area (Å²) >= 11 is 7.96. The predicted octanol–water partition coefficient (Wildman–Crippen LogP) is 2.93. The zero-order chi connectivity index (χ0) is 15.4. The van der Waals surface area contributed by atoms with E-state index in [4.69, 9.17) is 22.1 Å². The van der Waals surface area contributed by atoms with E-state index in [1.165, 1.54) is 6.20 Å². The quantitative estimate of drug-likeness (QED) is 0.731. The van der Waals surface area contributed by atoms with E-state index in [0.717, 1.165) is 22.8 Å². The van der Waals surface area contributed by atoms with Crippen molar-refractivity contribution >= 4 is 52.0 Å². The molecule has 0 aromatic carbocycles. The zero-order valence-corrected chi connectivity index (χ0v) is 14.1. The average molecular weight is 424 g/mol. The number of carbonyl (C=O) groups is 2. The van der Waals surface area contributed by atoms with E-state index in [9.17, 15) is 9.59 Å². The number of ether oxygens (including phenoxy) is 1. The van der Waals surface area contributed by atoms with E-state index in [-0.39, 0.29) is 17.9 Å². The average Bonchev–Trinajstić information content (AvgIpc) is 2.42. The molecule has 2 atom stereocenters. The first-order valence-electron chi connectivity index (χ1n) is 6.53. The summed E-state index contributed by atoms with van der Waals surface area (Å²) in [6.07, 6.45) is 3.22. The van der Waals surface area contributed by atoms with Gasteiger partial charge in [0.1, 0.15) is 11.9 Å². The normalized spacial score (nSPS) is 21.6. The molecule has 0 radical (unpaired) electrons. The predicted molar refractivity (Wildman–Crippen MR) is 87.0 cm³/mol. The van der Waals surface area contributed by atoms with Gasteiger partial charge in [-0.2, -0.15) is 0 Å². The summed E-state index contributed by atoms with van der Waals surface area (Å²) in [4.78, 5) is 27.1. The molecule has 1 fully saturated rings. The Morgan fingerprint density at radius 2 is 2.24 bits per heavy atom. The molecule has 0 spiro atoms. The van der Waals surface area contributed by atoms with E-state index < -0.39 is 6.09 Å². The van der Waals surface area contributed by atoms with E-state index in [1.54, 1.807) is 6.07 Å². The summed E-state index contributed by atoms with van der Waals surface area (Å²) in [6.45, 7) is 0. The van der Waals surface area contributed by atoms with Crippen LogP contribution in [0.5, 0.6) is 0 Å². The molecule has 2 rings (SSSR count). The van der Waals surface area contributed by atoms with Crippen LogP contribution in [-0.2, 0) is 9.53 Å². The Bertz CT molecular complexity index is 555. The third-order valence-corrected chi connectivity index (χ3v) is 4.85. The van der Waals surface area contributed by atoms with E-state index in [1.807, 2.05) is 0 Å². The van der Waals surface area contributed by atoms with Crippen molar-refractivity contribution in [3.05, 3.63) is 20.9 Å². The van der Waals surface area contributed by atoms with E-state index in [0.29, 0.717) is 17.3 Å². The van der Waals surface area contributed by atoms with Gasteiger partial charge in [-0.1, -0.05) is 11.6 Å². The van der Waals surface area contributed by atoms with Crippen LogP contribution in [0.2, 0.25) is 5.02 Å². The van der Waals surface area contributed by atoms with Gasteiger partial charge in [-0.15, -0.1) is 0 Å². The molecule has 0 aliphatic heterocycles. The second-order valence-electron chi connectivity index (χ2n) is 4.90. The number of pyridine rings is 1. The Labute approximate surface area is 140 Å². The Balaban J connectivity index is 1.96. The number of amides is 2. The minimum atomic E-state index is -0.796. The molecule has 1 aromatic rings. The van der Waals surface area contributed by atoms with Crippen LogP contribution in [0.3, 0.4) is 0 Å². The Morgan fingerprint density at radius 1 is 1.48 bits per heavy atom. The van der Waals surface area contributed by atoms with Crippen LogP contribution in [0, 0.1) is 9.49 Å². The molecule has 0 bridgehead atoms. The van der Waals surface area contributed by atoms with Crippen LogP contribution in [0.4, 0.5) is 10.6 Å². The number of nitrogens with two attached hydrogens (primary N) is 1. The summed E-state index contributed by atoms with van der Waals surface area (Å²) in [6, 6.07) is 1.71. The van der Waals surface area contributed by atoms with Crippen molar-refractivity contribution in [3.8, 4) is 0 Å². The molecule has 1 heterocycles. The minimum absolute atomic E-state index is 0.126. The molecule has 1 aliphatic carbocycles. The number of aromatic nitrogens is 1. The number of hydrogen-bond acceptors (Lipinski definition) is 4. The van der Waals surface area contributed by atoms with Crippen molar-refractivity contribution in [2.24, 2.45) is 11.7 Å². The Hall–Kier alpha value is -1.09. The molecule has 21 heavy (non-hydrogen) atoms. The number of halogens is 2. The lowest BCUT2D eigenvalue weighted by atomic mass is 9.86. The fourth-order valence-electron chi connectivity index (χ4n) is 2.37. The van der Waals surface area contributed by atoms with Gasteiger partial charge in [0.05, 0.1) is 5.02 Å². The van der Waals surface area contributed by atoms with Crippen molar-refractivity contribution < 1.29 is 14.3 Å². The van der Waals surface area contributed by atoms with Crippen LogP contribution in [0.25, 0.3) is 0 Å². The van der Waals surface area contributed by atoms with Crippen molar-refractivity contribution in [2.75, 3.05) is 5.32 Å². The topological polar surface area (TPSA) is 94.3 Å². The second-order valence-corrected chi connectivity index (χ2v) is 6.46. The third kappa shape index (κ3) is 4.70. The Morgan fingerprint density at radius 3 is 2.90 bits per heavy atom. The Kier molecular flexibility index (Phi) is 5.63. The maximum absolute atomic E-state index is 12.2. The molecule has 114 valence electrons. The van der Waals surface area contributed by atoms with Crippen molar-refractivity contribution in [1.29, 1.82) is 0 Å². The summed E-state index contributed by atoms with van der Waals surface area (Å²) in [5, 5.41) is 3.31. The van der Waals surface area contributed by atoms with Gasteiger partial charge in [0.15, 0.2) is 0 Å². The number of carbonyl (C=O) groups excluding carboxylic acids is 2. The van der Waals surface area contributed by atoms with Crippen molar-refractivity contribution in [3.63, 3.8) is 0 Å². The highest BCUT2D eigenvalue weighted by Crippen LogP contribution is 2.28. The standard InChI is InChI=1S/C13H15ClIN3O3/c14-9-6-17-11(5-10(9)15)18-12(19)7-2-1-3-8(4-7)21-13(16)20/h5-8H,1-4H2,(H2,16,20)(H,17,18,19)/t7-,8-/m0/s1. The highest BCUT2D eigenvalue weighted by atomic mass is 127. The molecule has 1 aliphatic rings. The molecular weight excluding hydrogens is 409 g/mol. The van der Waals surface area contributed by atoms with Crippen molar-refractivity contribution in [1.82, 2.24) is 4.98 Å². The number of nitrogens with zero attached hydrogens (tertiary/aromatic N) is 1. The van der Waals surface area contributed by atoms with Crippen LogP contribution < -0.4 is 11.1 Å². The van der Waals surface area contributed by atoms with Crippen LogP contribution >= 0.6 is 34.2 Å². The summed E-state index contributed by atoms with van der Waals surface area (Å²) in [5.41, 5.74) is 5.01. The maximum atomic E-state index is 12.2. The fourth-order valence-corrected chi connectivity index (χ4v) is 2.90. The van der Waals surface area contributed by atoms with Gasteiger partial charge in [-0.05, 0) is 54.3 Å². The molecule has 1 aromatic heterocycles. The third-order valence-electron chi connectivity index (χ3n) is 3.34. The summed E-state index contributed by atoms with van der Waals surface area (Å²) in [5.74, 6) is 0.128. The summed E-state index contributed by atoms with van der Waals surface area (Å²) < 4.78 is 5.80. The smallest absolute Gasteiger partial charge is 0.404 e. The molecule has 8 heteroatoms. The first kappa shape index (κ1) is 16.3. The van der Waals surface area contributed by atoms with E-state index >= 15 is 0 Å². The van der Waals surface area contributed by atoms with Gasteiger partial charge in [0.25, 0.3) is 0 Å². The maximum Gasteiger partial charge on any atom is 0.404 e. The monoisotopic (exact) mass is 423 g/mol. The lowest BCUT2D eigenvalue weighted by Crippen LogP contribution is -2.33. The van der Waals surface area contributed by atoms with Gasteiger partial charge >= 0.3 is 6.09 Å². The van der Waals surface area contributed by atoms with Gasteiger partial charge in [0, 0.05) is 15.7 Å². The molecule has 3 N–H and O–H groups in total. The van der Waals surface area contributed by atoms with Gasteiger partial charge in [-0.25, -0.2) is 9.78 Å². The molecule has 6 nitrogen and oxygen atoms in total. The number of primary amides is 1. The number of nitrogens with one attached hydrogen (secondary N) is 1. The highest BCUT2D eigenvalue weighted by Gasteiger charge is 2.29. The highest BCUT2D eigenvalue weighted by molar-refractivity contribution is 14.1.